The molecule has 0 saturated heterocycles. The summed E-state index contributed by atoms with van der Waals surface area (Å²) in [5.41, 5.74) is 2.04. The smallest absolute Gasteiger partial charge is 0.242 e. The molecule has 2 rings (SSSR count). The Morgan fingerprint density at radius 3 is 2.07 bits per heavy atom. The Kier molecular flexibility index (Phi) is 8.65. The van der Waals surface area contributed by atoms with Gasteiger partial charge in [-0.3, -0.25) is 9.59 Å². The number of carbonyl (C=O) groups excluding carboxylic acids is 2. The monoisotopic (exact) mass is 383 g/mol. The average molecular weight is 383 g/mol. The third-order valence-corrected chi connectivity index (χ3v) is 4.68. The first-order valence-electron chi connectivity index (χ1n) is 9.38. The normalized spacial score (nSPS) is 12.8. The number of nitrogens with zero attached hydrogens (tertiary/aromatic N) is 1. The molecule has 2 atom stereocenters. The van der Waals surface area contributed by atoms with Gasteiger partial charge in [0.1, 0.15) is 12.1 Å². The zero-order chi connectivity index (χ0) is 20.4. The van der Waals surface area contributed by atoms with Crippen molar-refractivity contribution in [2.45, 2.75) is 25.1 Å². The summed E-state index contributed by atoms with van der Waals surface area (Å²) < 4.78 is 5.72. The number of ether oxygens (including phenoxy) is 1. The Morgan fingerprint density at radius 2 is 1.54 bits per heavy atom. The molecule has 0 heterocycles. The van der Waals surface area contributed by atoms with E-state index in [1.807, 2.05) is 60.7 Å². The third-order valence-electron chi connectivity index (χ3n) is 4.68. The zero-order valence-electron chi connectivity index (χ0n) is 16.7. The van der Waals surface area contributed by atoms with Gasteiger partial charge in [-0.1, -0.05) is 60.7 Å². The molecular formula is C22H29N3O3. The van der Waals surface area contributed by atoms with Crippen molar-refractivity contribution in [3.8, 4) is 0 Å². The van der Waals surface area contributed by atoms with Gasteiger partial charge in [-0.05, 0) is 18.2 Å². The highest BCUT2D eigenvalue weighted by Gasteiger charge is 2.30. The summed E-state index contributed by atoms with van der Waals surface area (Å²) in [6.45, 7) is 0.652. The minimum absolute atomic E-state index is 0.180. The third kappa shape index (κ3) is 6.18. The Morgan fingerprint density at radius 1 is 0.964 bits per heavy atom. The predicted octanol–water partition coefficient (Wildman–Crippen LogP) is 1.61. The van der Waals surface area contributed by atoms with Crippen molar-refractivity contribution >= 4 is 11.8 Å². The van der Waals surface area contributed by atoms with Gasteiger partial charge in [0.05, 0.1) is 13.2 Å². The molecular weight excluding hydrogens is 354 g/mol. The van der Waals surface area contributed by atoms with E-state index in [0.717, 1.165) is 11.1 Å². The van der Waals surface area contributed by atoms with Gasteiger partial charge in [0.15, 0.2) is 0 Å². The summed E-state index contributed by atoms with van der Waals surface area (Å²) in [4.78, 5) is 26.9. The first kappa shape index (κ1) is 21.6. The summed E-state index contributed by atoms with van der Waals surface area (Å²) in [5.74, 6) is -0.375. The maximum atomic E-state index is 13.0. The predicted molar refractivity (Wildman–Crippen MR) is 110 cm³/mol. The number of carbonyl (C=O) groups is 2. The molecule has 2 aromatic rings. The standard InChI is InChI=1S/C22H29N3O3/c1-23-19(16-28-15-18-12-8-5-9-13-18)22(27)25(3)20(21(26)24-2)14-17-10-6-4-7-11-17/h4-13,19-20,23H,14-16H2,1-3H3,(H,24,26)/t19-,20-/m1/s1. The molecule has 28 heavy (non-hydrogen) atoms. The molecule has 150 valence electrons. The topological polar surface area (TPSA) is 70.7 Å². The lowest BCUT2D eigenvalue weighted by Crippen LogP contribution is -2.54. The molecule has 6 heteroatoms. The van der Waals surface area contributed by atoms with Crippen LogP contribution in [0.5, 0.6) is 0 Å². The van der Waals surface area contributed by atoms with E-state index in [0.29, 0.717) is 13.0 Å². The van der Waals surface area contributed by atoms with E-state index in [9.17, 15) is 9.59 Å². The van der Waals surface area contributed by atoms with Gasteiger partial charge < -0.3 is 20.3 Å². The van der Waals surface area contributed by atoms with Crippen LogP contribution in [0.1, 0.15) is 11.1 Å². The van der Waals surface area contributed by atoms with E-state index in [1.54, 1.807) is 21.1 Å². The fourth-order valence-corrected chi connectivity index (χ4v) is 2.96. The fraction of sp³-hybridized carbons (Fsp3) is 0.364. The number of benzene rings is 2. The molecule has 0 unspecified atom stereocenters. The van der Waals surface area contributed by atoms with Crippen molar-refractivity contribution in [1.82, 2.24) is 15.5 Å². The van der Waals surface area contributed by atoms with Crippen molar-refractivity contribution in [3.63, 3.8) is 0 Å². The van der Waals surface area contributed by atoms with Gasteiger partial charge in [-0.25, -0.2) is 0 Å². The van der Waals surface area contributed by atoms with Crippen LogP contribution in [0.4, 0.5) is 0 Å². The first-order chi connectivity index (χ1) is 13.6. The molecule has 0 aliphatic carbocycles. The summed E-state index contributed by atoms with van der Waals surface area (Å²) in [7, 11) is 4.96. The van der Waals surface area contributed by atoms with Crippen LogP contribution in [-0.4, -0.2) is 56.5 Å². The Hall–Kier alpha value is -2.70. The van der Waals surface area contributed by atoms with Gasteiger partial charge in [0.25, 0.3) is 0 Å². The second-order valence-corrected chi connectivity index (χ2v) is 6.61. The van der Waals surface area contributed by atoms with E-state index in [4.69, 9.17) is 4.74 Å². The number of amides is 2. The number of nitrogens with one attached hydrogen (secondary N) is 2. The highest BCUT2D eigenvalue weighted by Crippen LogP contribution is 2.10. The largest absolute Gasteiger partial charge is 0.375 e. The lowest BCUT2D eigenvalue weighted by atomic mass is 10.0. The molecule has 2 amide bonds. The Labute approximate surface area is 166 Å². The number of likely N-dealkylation sites (N-methyl/N-ethyl adjacent to an activating group) is 3. The van der Waals surface area contributed by atoms with Crippen LogP contribution in [0.2, 0.25) is 0 Å². The second-order valence-electron chi connectivity index (χ2n) is 6.61. The SMILES string of the molecule is CNC(=O)[C@@H](Cc1ccccc1)N(C)C(=O)[C@@H](COCc1ccccc1)NC. The van der Waals surface area contributed by atoms with E-state index >= 15 is 0 Å². The molecule has 0 saturated carbocycles. The summed E-state index contributed by atoms with van der Waals surface area (Å²) in [5, 5.41) is 5.65. The quantitative estimate of drug-likeness (QED) is 0.654. The highest BCUT2D eigenvalue weighted by atomic mass is 16.5. The fourth-order valence-electron chi connectivity index (χ4n) is 2.96. The molecule has 6 nitrogen and oxygen atoms in total. The molecule has 0 aromatic heterocycles. The highest BCUT2D eigenvalue weighted by molar-refractivity contribution is 5.89. The average Bonchev–Trinajstić information content (AvgIpc) is 2.75. The van der Waals surface area contributed by atoms with Gasteiger partial charge in [-0.15, -0.1) is 0 Å². The van der Waals surface area contributed by atoms with Crippen molar-refractivity contribution in [2.24, 2.45) is 0 Å². The maximum Gasteiger partial charge on any atom is 0.242 e. The summed E-state index contributed by atoms with van der Waals surface area (Å²) in [6, 6.07) is 18.3. The molecule has 0 spiro atoms. The summed E-state index contributed by atoms with van der Waals surface area (Å²) in [6.07, 6.45) is 0.448. The minimum Gasteiger partial charge on any atom is -0.375 e. The molecule has 2 aromatic carbocycles. The van der Waals surface area contributed by atoms with Crippen LogP contribution < -0.4 is 10.6 Å². The van der Waals surface area contributed by atoms with Crippen molar-refractivity contribution in [2.75, 3.05) is 27.7 Å². The Bertz CT molecular complexity index is 737. The van der Waals surface area contributed by atoms with Crippen LogP contribution in [-0.2, 0) is 27.4 Å². The zero-order valence-corrected chi connectivity index (χ0v) is 16.7. The lowest BCUT2D eigenvalue weighted by Gasteiger charge is -2.30. The van der Waals surface area contributed by atoms with Crippen LogP contribution >= 0.6 is 0 Å². The van der Waals surface area contributed by atoms with Gasteiger partial charge in [-0.2, -0.15) is 0 Å². The molecule has 0 radical (unpaired) electrons. The van der Waals surface area contributed by atoms with Crippen molar-refractivity contribution in [1.29, 1.82) is 0 Å². The second kappa shape index (κ2) is 11.2. The van der Waals surface area contributed by atoms with Crippen molar-refractivity contribution < 1.29 is 14.3 Å². The molecule has 0 aliphatic heterocycles. The number of hydrogen-bond acceptors (Lipinski definition) is 4. The number of rotatable bonds is 10. The van der Waals surface area contributed by atoms with E-state index in [2.05, 4.69) is 10.6 Å². The minimum atomic E-state index is -0.593. The van der Waals surface area contributed by atoms with Crippen LogP contribution in [0, 0.1) is 0 Å². The van der Waals surface area contributed by atoms with Gasteiger partial charge in [0, 0.05) is 20.5 Å². The molecule has 0 bridgehead atoms. The molecule has 2 N–H and O–H groups in total. The maximum absolute atomic E-state index is 13.0. The van der Waals surface area contributed by atoms with Crippen LogP contribution in [0.25, 0.3) is 0 Å². The van der Waals surface area contributed by atoms with E-state index in [-0.39, 0.29) is 18.4 Å². The first-order valence-corrected chi connectivity index (χ1v) is 9.38. The lowest BCUT2D eigenvalue weighted by molar-refractivity contribution is -0.141. The van der Waals surface area contributed by atoms with Crippen molar-refractivity contribution in [3.05, 3.63) is 71.8 Å². The van der Waals surface area contributed by atoms with E-state index in [1.165, 1.54) is 4.90 Å². The van der Waals surface area contributed by atoms with Crippen LogP contribution in [0.3, 0.4) is 0 Å². The Balaban J connectivity index is 2.00. The summed E-state index contributed by atoms with van der Waals surface area (Å²) >= 11 is 0. The van der Waals surface area contributed by atoms with Crippen LogP contribution in [0.15, 0.2) is 60.7 Å². The molecule has 0 fully saturated rings. The number of hydrogen-bond donors (Lipinski definition) is 2. The van der Waals surface area contributed by atoms with E-state index < -0.39 is 12.1 Å². The van der Waals surface area contributed by atoms with Gasteiger partial charge in [0.2, 0.25) is 11.8 Å². The molecule has 0 aliphatic rings. The van der Waals surface area contributed by atoms with Gasteiger partial charge >= 0.3 is 0 Å².